The molecule has 3 aromatic rings. The molecule has 0 fully saturated rings. The fourth-order valence-electron chi connectivity index (χ4n) is 3.59. The van der Waals surface area contributed by atoms with Gasteiger partial charge in [0.05, 0.1) is 12.2 Å². The quantitative estimate of drug-likeness (QED) is 0.687. The standard InChI is InChI=1S/C23H25N3O2S/c1-23(2)16-26(13-18-10-6-7-11-20(18)28-23)14-19-15-29-21(25-19)12-24-22(27)17-8-4-3-5-9-17/h3-11,15H,12-14,16H2,1-2H3,(H,24,27). The van der Waals surface area contributed by atoms with Crippen LogP contribution in [0.2, 0.25) is 0 Å². The first-order chi connectivity index (χ1) is 14.0. The Morgan fingerprint density at radius 3 is 2.76 bits per heavy atom. The van der Waals surface area contributed by atoms with Crippen molar-refractivity contribution < 1.29 is 9.53 Å². The monoisotopic (exact) mass is 407 g/mol. The Morgan fingerprint density at radius 2 is 1.93 bits per heavy atom. The third-order valence-corrected chi connectivity index (χ3v) is 5.68. The number of nitrogens with zero attached hydrogens (tertiary/aromatic N) is 2. The van der Waals surface area contributed by atoms with E-state index in [9.17, 15) is 4.79 Å². The van der Waals surface area contributed by atoms with E-state index in [0.29, 0.717) is 12.1 Å². The molecule has 0 radical (unpaired) electrons. The predicted octanol–water partition coefficient (Wildman–Crippen LogP) is 4.25. The Balaban J connectivity index is 1.39. The number of hydrogen-bond acceptors (Lipinski definition) is 5. The van der Waals surface area contributed by atoms with Crippen molar-refractivity contribution in [3.63, 3.8) is 0 Å². The minimum atomic E-state index is -0.269. The molecule has 0 bridgehead atoms. The number of thiazole rings is 1. The number of amides is 1. The van der Waals surface area contributed by atoms with Gasteiger partial charge in [0, 0.05) is 36.1 Å². The molecule has 0 unspecified atom stereocenters. The lowest BCUT2D eigenvalue weighted by molar-refractivity contribution is 0.0678. The summed E-state index contributed by atoms with van der Waals surface area (Å²) in [6, 6.07) is 17.5. The van der Waals surface area contributed by atoms with E-state index in [1.165, 1.54) is 5.56 Å². The second-order valence-corrected chi connectivity index (χ2v) is 8.84. The minimum absolute atomic E-state index is 0.0784. The summed E-state index contributed by atoms with van der Waals surface area (Å²) in [7, 11) is 0. The molecular weight excluding hydrogens is 382 g/mol. The van der Waals surface area contributed by atoms with Crippen LogP contribution in [-0.4, -0.2) is 27.9 Å². The van der Waals surface area contributed by atoms with Gasteiger partial charge in [0.1, 0.15) is 16.4 Å². The van der Waals surface area contributed by atoms with Gasteiger partial charge in [-0.2, -0.15) is 0 Å². The Morgan fingerprint density at radius 1 is 1.17 bits per heavy atom. The number of rotatable bonds is 5. The topological polar surface area (TPSA) is 54.5 Å². The van der Waals surface area contributed by atoms with Gasteiger partial charge in [-0.1, -0.05) is 36.4 Å². The molecule has 1 N–H and O–H groups in total. The molecule has 1 aliphatic rings. The molecule has 0 spiro atoms. The Kier molecular flexibility index (Phi) is 5.65. The Bertz CT molecular complexity index is 985. The zero-order valence-corrected chi connectivity index (χ0v) is 17.5. The number of benzene rings is 2. The van der Waals surface area contributed by atoms with Crippen LogP contribution in [0.3, 0.4) is 0 Å². The molecule has 2 heterocycles. The first kappa shape index (κ1) is 19.6. The third-order valence-electron chi connectivity index (χ3n) is 4.78. The lowest BCUT2D eigenvalue weighted by Gasteiger charge is -2.29. The number of hydrogen-bond donors (Lipinski definition) is 1. The van der Waals surface area contributed by atoms with E-state index in [-0.39, 0.29) is 11.5 Å². The number of para-hydroxylation sites is 1. The number of fused-ring (bicyclic) bond motifs is 1. The van der Waals surface area contributed by atoms with E-state index in [0.717, 1.165) is 36.1 Å². The van der Waals surface area contributed by atoms with Crippen LogP contribution in [0.1, 0.15) is 40.5 Å². The molecule has 0 atom stereocenters. The minimum Gasteiger partial charge on any atom is -0.486 e. The summed E-state index contributed by atoms with van der Waals surface area (Å²) in [6.07, 6.45) is 0. The number of carbonyl (C=O) groups excluding carboxylic acids is 1. The van der Waals surface area contributed by atoms with Crippen molar-refractivity contribution in [3.8, 4) is 5.75 Å². The molecule has 0 saturated carbocycles. The fourth-order valence-corrected chi connectivity index (χ4v) is 4.32. The predicted molar refractivity (Wildman–Crippen MR) is 115 cm³/mol. The molecule has 6 heteroatoms. The van der Waals surface area contributed by atoms with Gasteiger partial charge in [0.25, 0.3) is 5.91 Å². The van der Waals surface area contributed by atoms with Crippen molar-refractivity contribution in [1.29, 1.82) is 0 Å². The van der Waals surface area contributed by atoms with E-state index < -0.39 is 0 Å². The maximum absolute atomic E-state index is 12.2. The van der Waals surface area contributed by atoms with Crippen LogP contribution in [-0.2, 0) is 19.6 Å². The molecule has 5 nitrogen and oxygen atoms in total. The van der Waals surface area contributed by atoms with E-state index in [2.05, 4.69) is 41.6 Å². The van der Waals surface area contributed by atoms with Crippen LogP contribution in [0.15, 0.2) is 60.0 Å². The summed E-state index contributed by atoms with van der Waals surface area (Å²) < 4.78 is 6.22. The number of nitrogens with one attached hydrogen (secondary N) is 1. The van der Waals surface area contributed by atoms with E-state index in [1.54, 1.807) is 11.3 Å². The zero-order valence-electron chi connectivity index (χ0n) is 16.7. The highest BCUT2D eigenvalue weighted by Gasteiger charge is 2.29. The molecule has 0 saturated heterocycles. The van der Waals surface area contributed by atoms with E-state index in [4.69, 9.17) is 9.72 Å². The molecule has 2 aromatic carbocycles. The van der Waals surface area contributed by atoms with Crippen LogP contribution in [0.4, 0.5) is 0 Å². The van der Waals surface area contributed by atoms with Crippen molar-refractivity contribution in [2.45, 2.75) is 39.1 Å². The molecule has 4 rings (SSSR count). The maximum Gasteiger partial charge on any atom is 0.251 e. The molecule has 1 aliphatic heterocycles. The highest BCUT2D eigenvalue weighted by Crippen LogP contribution is 2.30. The summed E-state index contributed by atoms with van der Waals surface area (Å²) in [5.74, 6) is 0.882. The Labute approximate surface area is 175 Å². The SMILES string of the molecule is CC1(C)CN(Cc2csc(CNC(=O)c3ccccc3)n2)Cc2ccccc2O1. The first-order valence-electron chi connectivity index (χ1n) is 9.74. The van der Waals surface area contributed by atoms with Crippen LogP contribution < -0.4 is 10.1 Å². The second kappa shape index (κ2) is 8.35. The fraction of sp³-hybridized carbons (Fsp3) is 0.304. The van der Waals surface area contributed by atoms with Gasteiger partial charge in [-0.25, -0.2) is 4.98 Å². The van der Waals surface area contributed by atoms with Gasteiger partial charge < -0.3 is 10.1 Å². The van der Waals surface area contributed by atoms with Gasteiger partial charge in [0.15, 0.2) is 0 Å². The van der Waals surface area contributed by atoms with Crippen molar-refractivity contribution >= 4 is 17.2 Å². The van der Waals surface area contributed by atoms with Gasteiger partial charge in [-0.15, -0.1) is 11.3 Å². The average molecular weight is 408 g/mol. The number of carbonyl (C=O) groups is 1. The second-order valence-electron chi connectivity index (χ2n) is 7.90. The van der Waals surface area contributed by atoms with Gasteiger partial charge in [0.2, 0.25) is 0 Å². The highest BCUT2D eigenvalue weighted by molar-refractivity contribution is 7.09. The molecule has 150 valence electrons. The first-order valence-corrected chi connectivity index (χ1v) is 10.6. The smallest absolute Gasteiger partial charge is 0.251 e. The van der Waals surface area contributed by atoms with Gasteiger partial charge in [-0.3, -0.25) is 9.69 Å². The van der Waals surface area contributed by atoms with Crippen LogP contribution in [0.5, 0.6) is 5.75 Å². The summed E-state index contributed by atoms with van der Waals surface area (Å²) in [6.45, 7) is 7.08. The largest absolute Gasteiger partial charge is 0.486 e. The summed E-state index contributed by atoms with van der Waals surface area (Å²) >= 11 is 1.58. The normalized spacial score (nSPS) is 15.8. The van der Waals surface area contributed by atoms with Crippen molar-refractivity contribution in [2.24, 2.45) is 0 Å². The van der Waals surface area contributed by atoms with Gasteiger partial charge >= 0.3 is 0 Å². The lowest BCUT2D eigenvalue weighted by Crippen LogP contribution is -2.40. The molecular formula is C23H25N3O2S. The number of aromatic nitrogens is 1. The zero-order chi connectivity index (χ0) is 20.3. The van der Waals surface area contributed by atoms with Crippen molar-refractivity contribution in [2.75, 3.05) is 6.54 Å². The van der Waals surface area contributed by atoms with Crippen molar-refractivity contribution in [3.05, 3.63) is 81.8 Å². The van der Waals surface area contributed by atoms with Crippen molar-refractivity contribution in [1.82, 2.24) is 15.2 Å². The van der Waals surface area contributed by atoms with Crippen LogP contribution >= 0.6 is 11.3 Å². The summed E-state index contributed by atoms with van der Waals surface area (Å²) in [5.41, 5.74) is 2.61. The maximum atomic E-state index is 12.2. The highest BCUT2D eigenvalue weighted by atomic mass is 32.1. The summed E-state index contributed by atoms with van der Waals surface area (Å²) in [5, 5.41) is 5.93. The molecule has 1 amide bonds. The summed E-state index contributed by atoms with van der Waals surface area (Å²) in [4.78, 5) is 19.3. The van der Waals surface area contributed by atoms with Gasteiger partial charge in [-0.05, 0) is 32.0 Å². The van der Waals surface area contributed by atoms with Crippen LogP contribution in [0.25, 0.3) is 0 Å². The molecule has 1 aromatic heterocycles. The molecule has 0 aliphatic carbocycles. The molecule has 29 heavy (non-hydrogen) atoms. The lowest BCUT2D eigenvalue weighted by atomic mass is 10.1. The van der Waals surface area contributed by atoms with E-state index in [1.807, 2.05) is 42.5 Å². The van der Waals surface area contributed by atoms with Crippen LogP contribution in [0, 0.1) is 0 Å². The average Bonchev–Trinajstić information content (AvgIpc) is 3.09. The third kappa shape index (κ3) is 5.02. The Hall–Kier alpha value is -2.70. The van der Waals surface area contributed by atoms with E-state index >= 15 is 0 Å². The number of ether oxygens (including phenoxy) is 1.